The van der Waals surface area contributed by atoms with E-state index in [1.807, 2.05) is 32.0 Å². The third-order valence-electron chi connectivity index (χ3n) is 3.29. The highest BCUT2D eigenvalue weighted by atomic mass is 19.3. The molecule has 2 aromatic carbocycles. The summed E-state index contributed by atoms with van der Waals surface area (Å²) in [5.41, 5.74) is 3.28. The highest BCUT2D eigenvalue weighted by Crippen LogP contribution is 2.20. The average molecular weight is 305 g/mol. The van der Waals surface area contributed by atoms with Crippen molar-refractivity contribution in [3.05, 3.63) is 64.7 Å². The predicted octanol–water partition coefficient (Wildman–Crippen LogP) is 3.83. The van der Waals surface area contributed by atoms with Crippen LogP contribution in [0.25, 0.3) is 0 Å². The van der Waals surface area contributed by atoms with Crippen molar-refractivity contribution in [2.75, 3.05) is 0 Å². The number of rotatable bonds is 5. The number of hydrogen-bond donors (Lipinski definition) is 1. The second kappa shape index (κ2) is 7.02. The Morgan fingerprint density at radius 2 is 1.91 bits per heavy atom. The van der Waals surface area contributed by atoms with Gasteiger partial charge in [0.2, 0.25) is 0 Å². The van der Waals surface area contributed by atoms with Gasteiger partial charge in [0.25, 0.3) is 5.91 Å². The zero-order valence-corrected chi connectivity index (χ0v) is 12.4. The van der Waals surface area contributed by atoms with Crippen molar-refractivity contribution >= 4 is 5.91 Å². The molecule has 5 heteroatoms. The lowest BCUT2D eigenvalue weighted by Gasteiger charge is -2.12. The van der Waals surface area contributed by atoms with Crippen molar-refractivity contribution in [1.29, 1.82) is 0 Å². The minimum Gasteiger partial charge on any atom is -0.434 e. The summed E-state index contributed by atoms with van der Waals surface area (Å²) in [6, 6.07) is 11.9. The first kappa shape index (κ1) is 15.9. The maximum atomic E-state index is 12.4. The lowest BCUT2D eigenvalue weighted by atomic mass is 10.1. The Labute approximate surface area is 127 Å². The van der Waals surface area contributed by atoms with Gasteiger partial charge in [0.15, 0.2) is 0 Å². The first-order chi connectivity index (χ1) is 10.5. The molecule has 3 nitrogen and oxygen atoms in total. The van der Waals surface area contributed by atoms with Crippen LogP contribution in [0.2, 0.25) is 0 Å². The molecule has 1 N–H and O–H groups in total. The average Bonchev–Trinajstić information content (AvgIpc) is 2.46. The summed E-state index contributed by atoms with van der Waals surface area (Å²) < 4.78 is 29.1. The lowest BCUT2D eigenvalue weighted by Crippen LogP contribution is -2.24. The number of nitrogens with one attached hydrogen (secondary N) is 1. The van der Waals surface area contributed by atoms with E-state index in [1.54, 1.807) is 12.1 Å². The quantitative estimate of drug-likeness (QED) is 0.911. The first-order valence-electron chi connectivity index (χ1n) is 6.85. The van der Waals surface area contributed by atoms with Crippen LogP contribution in [0.5, 0.6) is 5.75 Å². The van der Waals surface area contributed by atoms with Gasteiger partial charge in [-0.05, 0) is 37.1 Å². The fourth-order valence-corrected chi connectivity index (χ4v) is 2.17. The van der Waals surface area contributed by atoms with Gasteiger partial charge < -0.3 is 10.1 Å². The largest absolute Gasteiger partial charge is 0.434 e. The fraction of sp³-hybridized carbons (Fsp3) is 0.235. The Morgan fingerprint density at radius 3 is 2.59 bits per heavy atom. The van der Waals surface area contributed by atoms with E-state index in [1.165, 1.54) is 12.1 Å². The maximum absolute atomic E-state index is 12.4. The third kappa shape index (κ3) is 4.04. The Bertz CT molecular complexity index is 671. The van der Waals surface area contributed by atoms with E-state index in [0.717, 1.165) is 16.7 Å². The number of para-hydroxylation sites is 1. The van der Waals surface area contributed by atoms with Crippen LogP contribution in [0.3, 0.4) is 0 Å². The van der Waals surface area contributed by atoms with Crippen molar-refractivity contribution in [2.24, 2.45) is 0 Å². The molecule has 2 aromatic rings. The van der Waals surface area contributed by atoms with Gasteiger partial charge in [-0.3, -0.25) is 4.79 Å². The maximum Gasteiger partial charge on any atom is 0.387 e. The molecule has 0 saturated heterocycles. The van der Waals surface area contributed by atoms with E-state index in [9.17, 15) is 13.6 Å². The molecule has 0 spiro atoms. The molecule has 0 fully saturated rings. The second-order valence-corrected chi connectivity index (χ2v) is 4.99. The molecule has 0 atom stereocenters. The summed E-state index contributed by atoms with van der Waals surface area (Å²) in [5, 5.41) is 2.73. The number of carbonyl (C=O) groups excluding carboxylic acids is 1. The fourth-order valence-electron chi connectivity index (χ4n) is 2.17. The Balaban J connectivity index is 2.09. The highest BCUT2D eigenvalue weighted by molar-refractivity contribution is 5.96. The van der Waals surface area contributed by atoms with Crippen LogP contribution < -0.4 is 10.1 Å². The molecular formula is C17H17F2NO2. The molecule has 0 heterocycles. The predicted molar refractivity (Wildman–Crippen MR) is 80.2 cm³/mol. The van der Waals surface area contributed by atoms with Gasteiger partial charge in [-0.2, -0.15) is 8.78 Å². The molecule has 0 aromatic heterocycles. The van der Waals surface area contributed by atoms with Crippen LogP contribution in [-0.2, 0) is 6.54 Å². The van der Waals surface area contributed by atoms with E-state index in [4.69, 9.17) is 0 Å². The molecule has 0 unspecified atom stereocenters. The van der Waals surface area contributed by atoms with Crippen molar-refractivity contribution < 1.29 is 18.3 Å². The number of halogens is 2. The molecule has 22 heavy (non-hydrogen) atoms. The normalized spacial score (nSPS) is 10.6. The summed E-state index contributed by atoms with van der Waals surface area (Å²) in [4.78, 5) is 12.2. The van der Waals surface area contributed by atoms with E-state index >= 15 is 0 Å². The standard InChI is InChI=1S/C17H17F2NO2/c1-11-7-8-13(12(2)9-11)10-20-16(21)14-5-3-4-6-15(14)22-17(18)19/h3-9,17H,10H2,1-2H3,(H,20,21). The molecule has 0 radical (unpaired) electrons. The molecule has 1 amide bonds. The smallest absolute Gasteiger partial charge is 0.387 e. The van der Waals surface area contributed by atoms with Gasteiger partial charge in [0.1, 0.15) is 5.75 Å². The van der Waals surface area contributed by atoms with Crippen LogP contribution in [0.4, 0.5) is 8.78 Å². The van der Waals surface area contributed by atoms with E-state index in [0.29, 0.717) is 6.54 Å². The molecule has 0 saturated carbocycles. The van der Waals surface area contributed by atoms with Gasteiger partial charge in [0.05, 0.1) is 5.56 Å². The molecule has 0 aliphatic carbocycles. The highest BCUT2D eigenvalue weighted by Gasteiger charge is 2.15. The summed E-state index contributed by atoms with van der Waals surface area (Å²) in [7, 11) is 0. The van der Waals surface area contributed by atoms with Crippen LogP contribution in [0, 0.1) is 13.8 Å². The number of hydrogen-bond acceptors (Lipinski definition) is 2. The molecule has 0 bridgehead atoms. The Morgan fingerprint density at radius 1 is 1.18 bits per heavy atom. The van der Waals surface area contributed by atoms with E-state index < -0.39 is 12.5 Å². The van der Waals surface area contributed by atoms with Crippen LogP contribution in [0.15, 0.2) is 42.5 Å². The van der Waals surface area contributed by atoms with Crippen molar-refractivity contribution in [3.8, 4) is 5.75 Å². The van der Waals surface area contributed by atoms with Crippen molar-refractivity contribution in [1.82, 2.24) is 5.32 Å². The van der Waals surface area contributed by atoms with Crippen molar-refractivity contribution in [3.63, 3.8) is 0 Å². The van der Waals surface area contributed by atoms with Gasteiger partial charge in [-0.1, -0.05) is 35.9 Å². The number of ether oxygens (including phenoxy) is 1. The monoisotopic (exact) mass is 305 g/mol. The van der Waals surface area contributed by atoms with Crippen molar-refractivity contribution in [2.45, 2.75) is 27.0 Å². The van der Waals surface area contributed by atoms with E-state index in [-0.39, 0.29) is 11.3 Å². The number of carbonyl (C=O) groups is 1. The van der Waals surface area contributed by atoms with Gasteiger partial charge >= 0.3 is 6.61 Å². The number of benzene rings is 2. The Kier molecular flexibility index (Phi) is 5.09. The topological polar surface area (TPSA) is 38.3 Å². The summed E-state index contributed by atoms with van der Waals surface area (Å²) in [5.74, 6) is -0.577. The summed E-state index contributed by atoms with van der Waals surface area (Å²) in [6.45, 7) is 1.32. The van der Waals surface area contributed by atoms with Crippen LogP contribution >= 0.6 is 0 Å². The van der Waals surface area contributed by atoms with Gasteiger partial charge in [-0.15, -0.1) is 0 Å². The molecule has 0 aliphatic heterocycles. The number of alkyl halides is 2. The van der Waals surface area contributed by atoms with Crippen LogP contribution in [-0.4, -0.2) is 12.5 Å². The van der Waals surface area contributed by atoms with Gasteiger partial charge in [-0.25, -0.2) is 0 Å². The Hall–Kier alpha value is -2.43. The molecule has 116 valence electrons. The molecule has 2 rings (SSSR count). The zero-order valence-electron chi connectivity index (χ0n) is 12.4. The number of amides is 1. The lowest BCUT2D eigenvalue weighted by molar-refractivity contribution is -0.0501. The summed E-state index contributed by atoms with van der Waals surface area (Å²) >= 11 is 0. The van der Waals surface area contributed by atoms with E-state index in [2.05, 4.69) is 10.1 Å². The zero-order chi connectivity index (χ0) is 16.1. The SMILES string of the molecule is Cc1ccc(CNC(=O)c2ccccc2OC(F)F)c(C)c1. The minimum absolute atomic E-state index is 0.0903. The first-order valence-corrected chi connectivity index (χ1v) is 6.85. The number of aryl methyl sites for hydroxylation is 2. The van der Waals surface area contributed by atoms with Gasteiger partial charge in [0, 0.05) is 6.54 Å². The minimum atomic E-state index is -2.96. The third-order valence-corrected chi connectivity index (χ3v) is 3.29. The summed E-state index contributed by atoms with van der Waals surface area (Å²) in [6.07, 6.45) is 0. The second-order valence-electron chi connectivity index (χ2n) is 4.99. The molecular weight excluding hydrogens is 288 g/mol. The molecule has 0 aliphatic rings. The van der Waals surface area contributed by atoms with Crippen LogP contribution in [0.1, 0.15) is 27.0 Å².